The number of piperidine rings is 3. The molecule has 0 saturated carbocycles. The van der Waals surface area contributed by atoms with E-state index < -0.39 is 6.10 Å². The number of hydrogen-bond acceptors (Lipinski definition) is 4. The molecule has 2 aromatic rings. The fraction of sp³-hybridized carbons (Fsp3) is 0.476. The lowest BCUT2D eigenvalue weighted by molar-refractivity contribution is -0.0445. The average molecular weight is 336 g/mol. The highest BCUT2D eigenvalue weighted by atomic mass is 16.5. The molecule has 1 aromatic heterocycles. The molecular formula is C21H24N2O2. The van der Waals surface area contributed by atoms with Crippen LogP contribution in [0.2, 0.25) is 0 Å². The fourth-order valence-corrected chi connectivity index (χ4v) is 4.98. The number of fused-ring (bicyclic) bond motifs is 5. The van der Waals surface area contributed by atoms with Gasteiger partial charge in [0.2, 0.25) is 0 Å². The van der Waals surface area contributed by atoms with Crippen LogP contribution in [0.5, 0.6) is 5.75 Å². The molecule has 3 fully saturated rings. The van der Waals surface area contributed by atoms with E-state index in [0.29, 0.717) is 11.8 Å². The van der Waals surface area contributed by atoms with Crippen molar-refractivity contribution in [3.05, 3.63) is 47.7 Å². The number of aliphatic hydroxyl groups is 1. The van der Waals surface area contributed by atoms with Gasteiger partial charge >= 0.3 is 0 Å². The minimum atomic E-state index is -0.456. The number of nitrogens with zero attached hydrogens (tertiary/aromatic N) is 2. The highest BCUT2D eigenvalue weighted by molar-refractivity contribution is 5.87. The van der Waals surface area contributed by atoms with Crippen LogP contribution in [-0.4, -0.2) is 41.2 Å². The smallest absolute Gasteiger partial charge is 0.119 e. The van der Waals surface area contributed by atoms with Crippen LogP contribution in [0.4, 0.5) is 0 Å². The maximum atomic E-state index is 11.4. The van der Waals surface area contributed by atoms with E-state index in [0.717, 1.165) is 53.8 Å². The van der Waals surface area contributed by atoms with Crippen molar-refractivity contribution in [1.82, 2.24) is 9.88 Å². The number of aromatic nitrogens is 1. The van der Waals surface area contributed by atoms with Gasteiger partial charge in [0.25, 0.3) is 0 Å². The Morgan fingerprint density at radius 3 is 3.04 bits per heavy atom. The topological polar surface area (TPSA) is 45.6 Å². The molecule has 1 aromatic carbocycles. The number of hydrogen-bond donors (Lipinski definition) is 1. The molecule has 2 unspecified atom stereocenters. The van der Waals surface area contributed by atoms with Gasteiger partial charge in [-0.15, -0.1) is 6.58 Å². The number of methoxy groups -OCH3 is 1. The van der Waals surface area contributed by atoms with Crippen molar-refractivity contribution in [2.45, 2.75) is 31.4 Å². The summed E-state index contributed by atoms with van der Waals surface area (Å²) in [5.74, 6) is 2.06. The Kier molecular flexibility index (Phi) is 3.41. The third-order valence-corrected chi connectivity index (χ3v) is 6.46. The molecule has 1 N–H and O–H groups in total. The van der Waals surface area contributed by atoms with Crippen molar-refractivity contribution in [1.29, 1.82) is 0 Å². The molecule has 4 aliphatic rings. The summed E-state index contributed by atoms with van der Waals surface area (Å²) in [6.07, 6.45) is 4.84. The van der Waals surface area contributed by atoms with Gasteiger partial charge < -0.3 is 9.84 Å². The lowest BCUT2D eigenvalue weighted by atomic mass is 9.73. The summed E-state index contributed by atoms with van der Waals surface area (Å²) in [6.45, 7) is 6.12. The first kappa shape index (κ1) is 15.4. The van der Waals surface area contributed by atoms with Crippen LogP contribution >= 0.6 is 0 Å². The molecule has 3 saturated heterocycles. The molecule has 5 atom stereocenters. The van der Waals surface area contributed by atoms with Crippen LogP contribution in [0, 0.1) is 11.8 Å². The Morgan fingerprint density at radius 1 is 1.44 bits per heavy atom. The van der Waals surface area contributed by atoms with Gasteiger partial charge in [-0.1, -0.05) is 6.08 Å². The molecule has 0 radical (unpaired) electrons. The molecule has 0 spiro atoms. The Morgan fingerprint density at radius 2 is 2.32 bits per heavy atom. The maximum Gasteiger partial charge on any atom is 0.119 e. The lowest BCUT2D eigenvalue weighted by Crippen LogP contribution is -2.54. The third-order valence-electron chi connectivity index (χ3n) is 6.46. The van der Waals surface area contributed by atoms with E-state index in [1.807, 2.05) is 18.2 Å². The first-order valence-corrected chi connectivity index (χ1v) is 9.23. The first-order valence-electron chi connectivity index (χ1n) is 9.23. The molecule has 25 heavy (non-hydrogen) atoms. The zero-order valence-corrected chi connectivity index (χ0v) is 14.6. The Labute approximate surface area is 148 Å². The summed E-state index contributed by atoms with van der Waals surface area (Å²) in [5, 5.41) is 12.4. The molecule has 3 aliphatic heterocycles. The van der Waals surface area contributed by atoms with Gasteiger partial charge in [0.1, 0.15) is 5.75 Å². The number of aliphatic hydroxyl groups excluding tert-OH is 1. The van der Waals surface area contributed by atoms with Crippen molar-refractivity contribution in [2.75, 3.05) is 20.2 Å². The van der Waals surface area contributed by atoms with Crippen LogP contribution in [0.15, 0.2) is 30.9 Å². The van der Waals surface area contributed by atoms with E-state index in [1.54, 1.807) is 7.11 Å². The Bertz CT molecular complexity index is 863. The second-order valence-corrected chi connectivity index (χ2v) is 7.70. The van der Waals surface area contributed by atoms with Crippen LogP contribution in [0.3, 0.4) is 0 Å². The van der Waals surface area contributed by atoms with Gasteiger partial charge in [-0.3, -0.25) is 9.88 Å². The highest BCUT2D eigenvalue weighted by Crippen LogP contribution is 2.46. The van der Waals surface area contributed by atoms with E-state index in [1.165, 1.54) is 12.0 Å². The molecule has 4 heteroatoms. The molecule has 4 heterocycles. The molecule has 6 rings (SSSR count). The van der Waals surface area contributed by atoms with Gasteiger partial charge in [0.05, 0.1) is 18.7 Å². The molecule has 1 aliphatic carbocycles. The predicted molar refractivity (Wildman–Crippen MR) is 97.8 cm³/mol. The number of benzene rings is 1. The van der Waals surface area contributed by atoms with Crippen molar-refractivity contribution in [2.24, 2.45) is 11.8 Å². The van der Waals surface area contributed by atoms with Crippen molar-refractivity contribution < 1.29 is 9.84 Å². The number of rotatable bonds is 4. The quantitative estimate of drug-likeness (QED) is 0.744. The normalized spacial score (nSPS) is 30.8. The average Bonchev–Trinajstić information content (AvgIpc) is 3.44. The monoisotopic (exact) mass is 336 g/mol. The zero-order valence-electron chi connectivity index (χ0n) is 14.6. The first-order chi connectivity index (χ1) is 12.2. The SMILES string of the molecule is C=C[C@H]1CN2CCC1C[C@H]2[C@H](O)c1c2c(nc3ccc(OC)cc13)C2. The summed E-state index contributed by atoms with van der Waals surface area (Å²) < 4.78 is 5.41. The van der Waals surface area contributed by atoms with Crippen molar-refractivity contribution in [3.63, 3.8) is 0 Å². The largest absolute Gasteiger partial charge is 0.497 e. The number of pyridine rings is 1. The summed E-state index contributed by atoms with van der Waals surface area (Å²) >= 11 is 0. The standard InChI is InChI=1S/C21H24N2O2/c1-3-12-11-23-7-6-13(12)8-19(23)21(24)20-15-9-14(25-2)4-5-17(15)22-18-10-16(18)20/h3-5,9,12-13,19,21,24H,1,6-8,10-11H2,2H3/t12-,13?,19-,21-/m0/s1. The van der Waals surface area contributed by atoms with Gasteiger partial charge in [-0.05, 0) is 60.5 Å². The lowest BCUT2D eigenvalue weighted by Gasteiger charge is -2.50. The summed E-state index contributed by atoms with van der Waals surface area (Å²) in [4.78, 5) is 7.18. The van der Waals surface area contributed by atoms with Gasteiger partial charge in [0.15, 0.2) is 0 Å². The minimum Gasteiger partial charge on any atom is -0.497 e. The fourth-order valence-electron chi connectivity index (χ4n) is 4.98. The zero-order chi connectivity index (χ0) is 17.1. The van der Waals surface area contributed by atoms with E-state index in [-0.39, 0.29) is 6.04 Å². The second kappa shape index (κ2) is 5.55. The third kappa shape index (κ3) is 2.31. The maximum absolute atomic E-state index is 11.4. The van der Waals surface area contributed by atoms with E-state index >= 15 is 0 Å². The molecular weight excluding hydrogens is 312 g/mol. The number of ether oxygens (including phenoxy) is 1. The van der Waals surface area contributed by atoms with Crippen LogP contribution in [0.1, 0.15) is 35.8 Å². The molecule has 130 valence electrons. The summed E-state index contributed by atoms with van der Waals surface area (Å²) in [7, 11) is 1.68. The van der Waals surface area contributed by atoms with Gasteiger partial charge in [0, 0.05) is 30.1 Å². The summed E-state index contributed by atoms with van der Waals surface area (Å²) in [6, 6.07) is 6.18. The Balaban J connectivity index is 1.56. The molecule has 4 nitrogen and oxygen atoms in total. The van der Waals surface area contributed by atoms with E-state index in [2.05, 4.69) is 17.6 Å². The van der Waals surface area contributed by atoms with Crippen molar-refractivity contribution in [3.8, 4) is 5.75 Å². The molecule has 2 bridgehead atoms. The van der Waals surface area contributed by atoms with E-state index in [4.69, 9.17) is 9.72 Å². The predicted octanol–water partition coefficient (Wildman–Crippen LogP) is 3.08. The van der Waals surface area contributed by atoms with E-state index in [9.17, 15) is 5.11 Å². The van der Waals surface area contributed by atoms with Gasteiger partial charge in [-0.2, -0.15) is 0 Å². The highest BCUT2D eigenvalue weighted by Gasteiger charge is 2.44. The van der Waals surface area contributed by atoms with Crippen LogP contribution < -0.4 is 4.74 Å². The van der Waals surface area contributed by atoms with Crippen LogP contribution in [0.25, 0.3) is 10.9 Å². The second-order valence-electron chi connectivity index (χ2n) is 7.70. The minimum absolute atomic E-state index is 0.205. The van der Waals surface area contributed by atoms with Gasteiger partial charge in [-0.25, -0.2) is 0 Å². The Hall–Kier alpha value is -1.91. The summed E-state index contributed by atoms with van der Waals surface area (Å²) in [5.41, 5.74) is 4.44. The van der Waals surface area contributed by atoms with Crippen LogP contribution in [-0.2, 0) is 6.42 Å². The van der Waals surface area contributed by atoms with Crippen molar-refractivity contribution >= 4 is 10.9 Å². The molecule has 0 amide bonds.